The van der Waals surface area contributed by atoms with Crippen LogP contribution in [0.25, 0.3) is 22.2 Å². The molecule has 92 valence electrons. The van der Waals surface area contributed by atoms with Crippen molar-refractivity contribution in [2.45, 2.75) is 0 Å². The lowest BCUT2D eigenvalue weighted by atomic mass is 10.1. The number of benzene rings is 1. The molecule has 0 unspecified atom stereocenters. The van der Waals surface area contributed by atoms with Crippen LogP contribution in [0, 0.1) is 0 Å². The minimum atomic E-state index is -1.05. The number of aromatic carboxylic acids is 1. The summed E-state index contributed by atoms with van der Waals surface area (Å²) in [4.78, 5) is 19.5. The van der Waals surface area contributed by atoms with Crippen LogP contribution in [0.2, 0.25) is 0 Å². The SMILES string of the molecule is O=C(O)c1ncccc1-c1ccc2ccccc2n1. The zero-order valence-corrected chi connectivity index (χ0v) is 9.95. The van der Waals surface area contributed by atoms with Gasteiger partial charge in [0.05, 0.1) is 11.2 Å². The van der Waals surface area contributed by atoms with Gasteiger partial charge < -0.3 is 5.11 Å². The van der Waals surface area contributed by atoms with Crippen LogP contribution in [0.15, 0.2) is 54.7 Å². The van der Waals surface area contributed by atoms with E-state index in [0.29, 0.717) is 11.3 Å². The Balaban J connectivity index is 2.22. The molecule has 1 aromatic carbocycles. The summed E-state index contributed by atoms with van der Waals surface area (Å²) >= 11 is 0. The average Bonchev–Trinajstić information content (AvgIpc) is 2.46. The minimum Gasteiger partial charge on any atom is -0.476 e. The predicted molar refractivity (Wildman–Crippen MR) is 71.9 cm³/mol. The van der Waals surface area contributed by atoms with E-state index >= 15 is 0 Å². The van der Waals surface area contributed by atoms with E-state index < -0.39 is 5.97 Å². The number of hydrogen-bond acceptors (Lipinski definition) is 3. The first-order valence-electron chi connectivity index (χ1n) is 5.80. The van der Waals surface area contributed by atoms with Crippen molar-refractivity contribution >= 4 is 16.9 Å². The van der Waals surface area contributed by atoms with E-state index in [4.69, 9.17) is 5.11 Å². The van der Waals surface area contributed by atoms with Gasteiger partial charge in [0, 0.05) is 17.1 Å². The number of pyridine rings is 2. The molecule has 3 rings (SSSR count). The third-order valence-electron chi connectivity index (χ3n) is 2.88. The Morgan fingerprint density at radius 3 is 2.68 bits per heavy atom. The Hall–Kier alpha value is -2.75. The van der Waals surface area contributed by atoms with Gasteiger partial charge in [-0.15, -0.1) is 0 Å². The summed E-state index contributed by atoms with van der Waals surface area (Å²) in [5.41, 5.74) is 2.00. The Bertz CT molecular complexity index is 769. The van der Waals surface area contributed by atoms with Crippen molar-refractivity contribution in [3.8, 4) is 11.3 Å². The molecule has 4 nitrogen and oxygen atoms in total. The lowest BCUT2D eigenvalue weighted by Crippen LogP contribution is -2.03. The summed E-state index contributed by atoms with van der Waals surface area (Å²) < 4.78 is 0. The number of carboxylic acid groups (broad SMARTS) is 1. The Kier molecular flexibility index (Phi) is 2.68. The molecule has 0 amide bonds. The van der Waals surface area contributed by atoms with Gasteiger partial charge in [-0.25, -0.2) is 14.8 Å². The molecular weight excluding hydrogens is 240 g/mol. The fourth-order valence-corrected chi connectivity index (χ4v) is 2.00. The van der Waals surface area contributed by atoms with Gasteiger partial charge in [0.1, 0.15) is 0 Å². The fraction of sp³-hybridized carbons (Fsp3) is 0. The average molecular weight is 250 g/mol. The van der Waals surface area contributed by atoms with Crippen LogP contribution in [-0.4, -0.2) is 21.0 Å². The van der Waals surface area contributed by atoms with E-state index in [2.05, 4.69) is 9.97 Å². The van der Waals surface area contributed by atoms with Crippen LogP contribution in [-0.2, 0) is 0 Å². The summed E-state index contributed by atoms with van der Waals surface area (Å²) in [6.45, 7) is 0. The highest BCUT2D eigenvalue weighted by molar-refractivity contribution is 5.94. The second kappa shape index (κ2) is 4.49. The van der Waals surface area contributed by atoms with Crippen molar-refractivity contribution in [1.29, 1.82) is 0 Å². The number of carboxylic acids is 1. The van der Waals surface area contributed by atoms with Crippen molar-refractivity contribution < 1.29 is 9.90 Å². The van der Waals surface area contributed by atoms with Crippen LogP contribution < -0.4 is 0 Å². The van der Waals surface area contributed by atoms with Crippen molar-refractivity contribution in [1.82, 2.24) is 9.97 Å². The smallest absolute Gasteiger partial charge is 0.355 e. The van der Waals surface area contributed by atoms with Gasteiger partial charge in [-0.3, -0.25) is 0 Å². The van der Waals surface area contributed by atoms with E-state index in [-0.39, 0.29) is 5.69 Å². The maximum Gasteiger partial charge on any atom is 0.355 e. The monoisotopic (exact) mass is 250 g/mol. The first kappa shape index (κ1) is 11.3. The van der Waals surface area contributed by atoms with E-state index in [1.807, 2.05) is 36.4 Å². The topological polar surface area (TPSA) is 63.1 Å². The number of nitrogens with zero attached hydrogens (tertiary/aromatic N) is 2. The van der Waals surface area contributed by atoms with Crippen molar-refractivity contribution in [2.75, 3.05) is 0 Å². The fourth-order valence-electron chi connectivity index (χ4n) is 2.00. The molecule has 0 radical (unpaired) electrons. The molecule has 19 heavy (non-hydrogen) atoms. The number of hydrogen-bond donors (Lipinski definition) is 1. The molecule has 0 aliphatic rings. The van der Waals surface area contributed by atoms with E-state index in [1.54, 1.807) is 12.1 Å². The van der Waals surface area contributed by atoms with Gasteiger partial charge in [0.15, 0.2) is 5.69 Å². The lowest BCUT2D eigenvalue weighted by Gasteiger charge is -2.05. The highest BCUT2D eigenvalue weighted by atomic mass is 16.4. The zero-order valence-electron chi connectivity index (χ0n) is 9.95. The second-order valence-electron chi connectivity index (χ2n) is 4.09. The Labute approximate surface area is 109 Å². The quantitative estimate of drug-likeness (QED) is 0.759. The number of para-hydroxylation sites is 1. The van der Waals surface area contributed by atoms with Gasteiger partial charge in [-0.2, -0.15) is 0 Å². The van der Waals surface area contributed by atoms with Gasteiger partial charge in [0.25, 0.3) is 0 Å². The molecule has 0 atom stereocenters. The third kappa shape index (κ3) is 2.04. The van der Waals surface area contributed by atoms with E-state index in [9.17, 15) is 4.79 Å². The molecular formula is C15H10N2O2. The molecule has 3 aromatic rings. The predicted octanol–water partition coefficient (Wildman–Crippen LogP) is 3.00. The van der Waals surface area contributed by atoms with Crippen LogP contribution in [0.1, 0.15) is 10.5 Å². The summed E-state index contributed by atoms with van der Waals surface area (Å²) in [6.07, 6.45) is 1.47. The van der Waals surface area contributed by atoms with Gasteiger partial charge in [-0.1, -0.05) is 24.3 Å². The van der Waals surface area contributed by atoms with Crippen molar-refractivity contribution in [3.05, 3.63) is 60.4 Å². The Morgan fingerprint density at radius 2 is 1.84 bits per heavy atom. The van der Waals surface area contributed by atoms with E-state index in [0.717, 1.165) is 10.9 Å². The molecule has 0 fully saturated rings. The molecule has 0 aliphatic carbocycles. The first-order valence-corrected chi connectivity index (χ1v) is 5.80. The van der Waals surface area contributed by atoms with Crippen molar-refractivity contribution in [2.24, 2.45) is 0 Å². The molecule has 2 heterocycles. The highest BCUT2D eigenvalue weighted by Crippen LogP contribution is 2.23. The van der Waals surface area contributed by atoms with Crippen LogP contribution in [0.5, 0.6) is 0 Å². The maximum atomic E-state index is 11.2. The summed E-state index contributed by atoms with van der Waals surface area (Å²) in [5, 5.41) is 10.2. The summed E-state index contributed by atoms with van der Waals surface area (Å²) in [7, 11) is 0. The summed E-state index contributed by atoms with van der Waals surface area (Å²) in [6, 6.07) is 14.9. The van der Waals surface area contributed by atoms with Gasteiger partial charge in [-0.05, 0) is 24.3 Å². The van der Waals surface area contributed by atoms with Crippen LogP contribution in [0.4, 0.5) is 0 Å². The molecule has 2 aromatic heterocycles. The standard InChI is InChI=1S/C15H10N2O2/c18-15(19)14-11(5-3-9-16-14)13-8-7-10-4-1-2-6-12(10)17-13/h1-9H,(H,18,19). The normalized spacial score (nSPS) is 10.5. The zero-order chi connectivity index (χ0) is 13.2. The lowest BCUT2D eigenvalue weighted by molar-refractivity contribution is 0.0691. The van der Waals surface area contributed by atoms with E-state index in [1.165, 1.54) is 6.20 Å². The third-order valence-corrected chi connectivity index (χ3v) is 2.88. The number of rotatable bonds is 2. The Morgan fingerprint density at radius 1 is 1.00 bits per heavy atom. The minimum absolute atomic E-state index is 0.0188. The van der Waals surface area contributed by atoms with Crippen molar-refractivity contribution in [3.63, 3.8) is 0 Å². The molecule has 0 spiro atoms. The number of aromatic nitrogens is 2. The molecule has 0 aliphatic heterocycles. The first-order chi connectivity index (χ1) is 9.25. The molecule has 0 saturated heterocycles. The molecule has 0 bridgehead atoms. The van der Waals surface area contributed by atoms with Crippen LogP contribution in [0.3, 0.4) is 0 Å². The molecule has 4 heteroatoms. The number of carbonyl (C=O) groups is 1. The largest absolute Gasteiger partial charge is 0.476 e. The second-order valence-corrected chi connectivity index (χ2v) is 4.09. The summed E-state index contributed by atoms with van der Waals surface area (Å²) in [5.74, 6) is -1.05. The van der Waals surface area contributed by atoms with Crippen LogP contribution >= 0.6 is 0 Å². The van der Waals surface area contributed by atoms with Gasteiger partial charge in [0.2, 0.25) is 0 Å². The van der Waals surface area contributed by atoms with Gasteiger partial charge >= 0.3 is 5.97 Å². The molecule has 1 N–H and O–H groups in total. The highest BCUT2D eigenvalue weighted by Gasteiger charge is 2.13. The number of fused-ring (bicyclic) bond motifs is 1. The maximum absolute atomic E-state index is 11.2. The molecule has 0 saturated carbocycles.